The van der Waals surface area contributed by atoms with Gasteiger partial charge in [-0.05, 0) is 61.1 Å². The maximum absolute atomic E-state index is 5.93. The third kappa shape index (κ3) is 2.80. The van der Waals surface area contributed by atoms with Crippen LogP contribution in [-0.4, -0.2) is 19.0 Å². The molecule has 1 saturated heterocycles. The Morgan fingerprint density at radius 3 is 2.48 bits per heavy atom. The molecule has 3 fully saturated rings. The van der Waals surface area contributed by atoms with Crippen LogP contribution >= 0.6 is 15.9 Å². The van der Waals surface area contributed by atoms with Crippen molar-refractivity contribution in [3.63, 3.8) is 0 Å². The van der Waals surface area contributed by atoms with E-state index >= 15 is 0 Å². The molecule has 3 atom stereocenters. The molecule has 3 aliphatic rings. The van der Waals surface area contributed by atoms with Gasteiger partial charge in [0.15, 0.2) is 5.79 Å². The van der Waals surface area contributed by atoms with Gasteiger partial charge in [0, 0.05) is 17.3 Å². The van der Waals surface area contributed by atoms with Gasteiger partial charge in [-0.15, -0.1) is 0 Å². The maximum Gasteiger partial charge on any atom is 0.168 e. The molecule has 2 saturated carbocycles. The predicted molar refractivity (Wildman–Crippen MR) is 86.2 cm³/mol. The Labute approximate surface area is 135 Å². The summed E-state index contributed by atoms with van der Waals surface area (Å²) >= 11 is 3.53. The summed E-state index contributed by atoms with van der Waals surface area (Å²) in [5.74, 6) is 2.22. The van der Waals surface area contributed by atoms with E-state index in [1.807, 2.05) is 0 Å². The average Bonchev–Trinajstić information content (AvgIpc) is 2.96. The second-order valence-corrected chi connectivity index (χ2v) is 7.85. The molecule has 2 aliphatic carbocycles. The van der Waals surface area contributed by atoms with E-state index in [1.165, 1.54) is 35.7 Å². The first-order valence-corrected chi connectivity index (χ1v) is 9.07. The second-order valence-electron chi connectivity index (χ2n) is 6.93. The molecule has 1 heterocycles. The second kappa shape index (κ2) is 5.68. The van der Waals surface area contributed by atoms with Crippen molar-refractivity contribution in [3.8, 4) is 0 Å². The number of rotatable bonds is 1. The Morgan fingerprint density at radius 2 is 1.71 bits per heavy atom. The van der Waals surface area contributed by atoms with Gasteiger partial charge in [0.2, 0.25) is 0 Å². The third-order valence-electron chi connectivity index (χ3n) is 5.76. The quantitative estimate of drug-likeness (QED) is 0.718. The Balaban J connectivity index is 1.43. The van der Waals surface area contributed by atoms with E-state index in [2.05, 4.69) is 40.2 Å². The van der Waals surface area contributed by atoms with Gasteiger partial charge in [-0.3, -0.25) is 0 Å². The predicted octanol–water partition coefficient (Wildman–Crippen LogP) is 4.88. The van der Waals surface area contributed by atoms with E-state index in [1.54, 1.807) is 0 Å². The summed E-state index contributed by atoms with van der Waals surface area (Å²) in [5, 5.41) is 0. The molecule has 0 amide bonds. The maximum atomic E-state index is 5.93. The van der Waals surface area contributed by atoms with Crippen LogP contribution in [-0.2, 0) is 9.47 Å². The van der Waals surface area contributed by atoms with Gasteiger partial charge < -0.3 is 9.47 Å². The van der Waals surface area contributed by atoms with Crippen LogP contribution in [0.1, 0.15) is 50.0 Å². The Morgan fingerprint density at radius 1 is 0.952 bits per heavy atom. The van der Waals surface area contributed by atoms with Crippen molar-refractivity contribution in [1.82, 2.24) is 0 Å². The molecule has 0 N–H and O–H groups in total. The molecule has 1 spiro atoms. The van der Waals surface area contributed by atoms with E-state index in [-0.39, 0.29) is 5.79 Å². The highest BCUT2D eigenvalue weighted by Gasteiger charge is 2.46. The van der Waals surface area contributed by atoms with Crippen molar-refractivity contribution in [2.45, 2.75) is 50.2 Å². The number of ether oxygens (including phenoxy) is 2. The Bertz CT molecular complexity index is 492. The summed E-state index contributed by atoms with van der Waals surface area (Å²) in [5.41, 5.74) is 1.52. The summed E-state index contributed by atoms with van der Waals surface area (Å²) in [6, 6.07) is 8.94. The molecule has 1 aromatic carbocycles. The Hall–Kier alpha value is -0.380. The minimum atomic E-state index is -0.203. The minimum absolute atomic E-state index is 0.203. The fraction of sp³-hybridized carbons (Fsp3) is 0.667. The van der Waals surface area contributed by atoms with Crippen LogP contribution in [0, 0.1) is 11.8 Å². The average molecular weight is 351 g/mol. The third-order valence-corrected chi connectivity index (χ3v) is 6.29. The molecule has 0 aromatic heterocycles. The van der Waals surface area contributed by atoms with Gasteiger partial charge in [-0.1, -0.05) is 28.1 Å². The van der Waals surface area contributed by atoms with Crippen molar-refractivity contribution in [1.29, 1.82) is 0 Å². The molecule has 2 nitrogen and oxygen atoms in total. The van der Waals surface area contributed by atoms with E-state index < -0.39 is 0 Å². The lowest BCUT2D eigenvalue weighted by molar-refractivity contribution is -0.198. The summed E-state index contributed by atoms with van der Waals surface area (Å²) in [6.45, 7) is 1.58. The first kappa shape index (κ1) is 14.2. The molecule has 1 aromatic rings. The molecule has 3 unspecified atom stereocenters. The van der Waals surface area contributed by atoms with E-state index in [0.717, 1.165) is 43.8 Å². The van der Waals surface area contributed by atoms with Gasteiger partial charge in [0.1, 0.15) is 0 Å². The van der Waals surface area contributed by atoms with Gasteiger partial charge in [0.05, 0.1) is 13.2 Å². The normalized spacial score (nSPS) is 34.8. The molecule has 21 heavy (non-hydrogen) atoms. The lowest BCUT2D eigenvalue weighted by Crippen LogP contribution is -2.42. The van der Waals surface area contributed by atoms with Crippen molar-refractivity contribution >= 4 is 15.9 Å². The zero-order valence-corrected chi connectivity index (χ0v) is 14.0. The van der Waals surface area contributed by atoms with Crippen LogP contribution in [0.25, 0.3) is 0 Å². The molecule has 4 rings (SSSR count). The zero-order valence-electron chi connectivity index (χ0n) is 12.4. The number of hydrogen-bond donors (Lipinski definition) is 0. The van der Waals surface area contributed by atoms with Crippen LogP contribution in [0.15, 0.2) is 28.7 Å². The number of fused-ring (bicyclic) bond motifs is 1. The molecule has 0 bridgehead atoms. The fourth-order valence-corrected chi connectivity index (χ4v) is 4.92. The highest BCUT2D eigenvalue weighted by atomic mass is 79.9. The van der Waals surface area contributed by atoms with Crippen LogP contribution in [0.2, 0.25) is 0 Å². The highest BCUT2D eigenvalue weighted by molar-refractivity contribution is 9.10. The first-order chi connectivity index (χ1) is 10.2. The SMILES string of the molecule is Brc1ccc(C2CCC3CC4(CCC3C2)OCCO4)cc1. The first-order valence-electron chi connectivity index (χ1n) is 8.27. The molecule has 0 radical (unpaired) electrons. The summed E-state index contributed by atoms with van der Waals surface area (Å²) < 4.78 is 13.0. The molecule has 114 valence electrons. The zero-order chi connectivity index (χ0) is 14.3. The summed E-state index contributed by atoms with van der Waals surface area (Å²) in [4.78, 5) is 0. The van der Waals surface area contributed by atoms with Crippen molar-refractivity contribution < 1.29 is 9.47 Å². The monoisotopic (exact) mass is 350 g/mol. The molecule has 1 aliphatic heterocycles. The number of benzene rings is 1. The summed E-state index contributed by atoms with van der Waals surface area (Å²) in [6.07, 6.45) is 7.50. The van der Waals surface area contributed by atoms with E-state index in [4.69, 9.17) is 9.47 Å². The van der Waals surface area contributed by atoms with Crippen molar-refractivity contribution in [2.24, 2.45) is 11.8 Å². The number of hydrogen-bond acceptors (Lipinski definition) is 2. The molecular formula is C18H23BrO2. The summed E-state index contributed by atoms with van der Waals surface area (Å²) in [7, 11) is 0. The van der Waals surface area contributed by atoms with Gasteiger partial charge in [-0.25, -0.2) is 0 Å². The lowest BCUT2D eigenvalue weighted by Gasteiger charge is -2.45. The van der Waals surface area contributed by atoms with Crippen LogP contribution in [0.3, 0.4) is 0 Å². The fourth-order valence-electron chi connectivity index (χ4n) is 4.65. The van der Waals surface area contributed by atoms with Gasteiger partial charge >= 0.3 is 0 Å². The van der Waals surface area contributed by atoms with Crippen LogP contribution in [0.4, 0.5) is 0 Å². The standard InChI is InChI=1S/C18H23BrO2/c19-17-5-3-13(4-6-17)14-1-2-16-12-18(20-9-10-21-18)8-7-15(16)11-14/h3-6,14-16H,1-2,7-12H2. The van der Waals surface area contributed by atoms with Gasteiger partial charge in [0.25, 0.3) is 0 Å². The smallest absolute Gasteiger partial charge is 0.168 e. The van der Waals surface area contributed by atoms with Crippen LogP contribution < -0.4 is 0 Å². The Kier molecular flexibility index (Phi) is 3.85. The lowest BCUT2D eigenvalue weighted by atomic mass is 9.65. The van der Waals surface area contributed by atoms with E-state index in [9.17, 15) is 0 Å². The topological polar surface area (TPSA) is 18.5 Å². The minimum Gasteiger partial charge on any atom is -0.348 e. The van der Waals surface area contributed by atoms with Crippen LogP contribution in [0.5, 0.6) is 0 Å². The highest BCUT2D eigenvalue weighted by Crippen LogP contribution is 2.50. The van der Waals surface area contributed by atoms with Crippen molar-refractivity contribution in [3.05, 3.63) is 34.3 Å². The largest absolute Gasteiger partial charge is 0.348 e. The van der Waals surface area contributed by atoms with Gasteiger partial charge in [-0.2, -0.15) is 0 Å². The van der Waals surface area contributed by atoms with Crippen molar-refractivity contribution in [2.75, 3.05) is 13.2 Å². The number of halogens is 1. The van der Waals surface area contributed by atoms with E-state index in [0.29, 0.717) is 0 Å². The molecular weight excluding hydrogens is 328 g/mol. The molecule has 3 heteroatoms.